The molecule has 1 aliphatic carbocycles. The zero-order valence-corrected chi connectivity index (χ0v) is 21.8. The molecule has 0 unspecified atom stereocenters. The highest BCUT2D eigenvalue weighted by Gasteiger charge is 2.48. The third kappa shape index (κ3) is 5.30. The lowest BCUT2D eigenvalue weighted by atomic mass is 9.91. The van der Waals surface area contributed by atoms with Crippen LogP contribution in [0, 0.1) is 0 Å². The van der Waals surface area contributed by atoms with Crippen LogP contribution < -0.4 is 5.32 Å². The molecule has 2 heterocycles. The van der Waals surface area contributed by atoms with Gasteiger partial charge in [0.25, 0.3) is 5.91 Å². The molecule has 1 fully saturated rings. The van der Waals surface area contributed by atoms with Crippen LogP contribution in [0.4, 0.5) is 0 Å². The predicted molar refractivity (Wildman–Crippen MR) is 139 cm³/mol. The molecule has 7 nitrogen and oxygen atoms in total. The van der Waals surface area contributed by atoms with Crippen molar-refractivity contribution in [3.05, 3.63) is 41.6 Å². The number of carbonyl (C=O) groups is 2. The van der Waals surface area contributed by atoms with E-state index in [1.165, 1.54) is 12.0 Å². The van der Waals surface area contributed by atoms with Crippen molar-refractivity contribution in [1.82, 2.24) is 24.9 Å². The average molecular weight is 480 g/mol. The summed E-state index contributed by atoms with van der Waals surface area (Å²) in [7, 11) is 0. The lowest BCUT2D eigenvalue weighted by molar-refractivity contribution is -0.134. The van der Waals surface area contributed by atoms with E-state index in [0.717, 1.165) is 63.0 Å². The SMILES string of the molecule is CCc1ccc(-c2cc3n(n2)C[C@](C)(C(=O)NC2CCCCC2)N(CCN(CC)CC)C3=O)cc1. The highest BCUT2D eigenvalue weighted by atomic mass is 16.2. The summed E-state index contributed by atoms with van der Waals surface area (Å²) in [4.78, 5) is 31.6. The molecular weight excluding hydrogens is 438 g/mol. The Balaban J connectivity index is 1.64. The highest BCUT2D eigenvalue weighted by Crippen LogP contribution is 2.31. The van der Waals surface area contributed by atoms with Crippen molar-refractivity contribution in [3.63, 3.8) is 0 Å². The first kappa shape index (κ1) is 25.4. The van der Waals surface area contributed by atoms with Gasteiger partial charge in [0.1, 0.15) is 11.2 Å². The Kier molecular flexibility index (Phi) is 7.95. The largest absolute Gasteiger partial charge is 0.351 e. The summed E-state index contributed by atoms with van der Waals surface area (Å²) >= 11 is 0. The summed E-state index contributed by atoms with van der Waals surface area (Å²) in [6, 6.07) is 10.4. The van der Waals surface area contributed by atoms with Gasteiger partial charge in [-0.15, -0.1) is 0 Å². The van der Waals surface area contributed by atoms with Crippen molar-refractivity contribution in [2.24, 2.45) is 0 Å². The van der Waals surface area contributed by atoms with Crippen LogP contribution in [0.3, 0.4) is 0 Å². The lowest BCUT2D eigenvalue weighted by Crippen LogP contribution is -2.66. The number of benzene rings is 1. The fourth-order valence-electron chi connectivity index (χ4n) is 5.41. The molecule has 0 radical (unpaired) electrons. The minimum atomic E-state index is -0.982. The third-order valence-electron chi connectivity index (χ3n) is 7.92. The Morgan fingerprint density at radius 3 is 2.43 bits per heavy atom. The molecule has 1 aliphatic heterocycles. The van der Waals surface area contributed by atoms with E-state index < -0.39 is 5.54 Å². The first-order chi connectivity index (χ1) is 16.9. The summed E-state index contributed by atoms with van der Waals surface area (Å²) in [5, 5.41) is 8.08. The summed E-state index contributed by atoms with van der Waals surface area (Å²) < 4.78 is 1.75. The summed E-state index contributed by atoms with van der Waals surface area (Å²) in [5.41, 5.74) is 2.60. The zero-order valence-electron chi connectivity index (χ0n) is 21.8. The van der Waals surface area contributed by atoms with E-state index in [1.54, 1.807) is 9.58 Å². The van der Waals surface area contributed by atoms with E-state index >= 15 is 0 Å². The second kappa shape index (κ2) is 10.9. The molecule has 2 aromatic rings. The van der Waals surface area contributed by atoms with Crippen LogP contribution in [0.5, 0.6) is 0 Å². The van der Waals surface area contributed by atoms with Crippen molar-refractivity contribution in [2.45, 2.75) is 84.3 Å². The molecule has 7 heteroatoms. The number of fused-ring (bicyclic) bond motifs is 1. The molecule has 1 atom stereocenters. The molecule has 0 saturated heterocycles. The first-order valence-corrected chi connectivity index (χ1v) is 13.4. The maximum Gasteiger partial charge on any atom is 0.273 e. The molecule has 2 aliphatic rings. The quantitative estimate of drug-likeness (QED) is 0.587. The highest BCUT2D eigenvalue weighted by molar-refractivity contribution is 6.00. The van der Waals surface area contributed by atoms with Crippen LogP contribution in [0.25, 0.3) is 11.3 Å². The number of rotatable bonds is 9. The molecule has 190 valence electrons. The number of hydrogen-bond donors (Lipinski definition) is 1. The standard InChI is InChI=1S/C28H41N5O2/c1-5-21-13-15-22(16-14-21)24-19-25-26(34)32(18-17-31(6-2)7-3)28(4,20-33(25)30-24)27(35)29-23-11-9-8-10-12-23/h13-16,19,23H,5-12,17-18,20H2,1-4H3,(H,29,35)/t28-/m1/s1. The fraction of sp³-hybridized carbons (Fsp3) is 0.607. The fourth-order valence-corrected chi connectivity index (χ4v) is 5.41. The second-order valence-electron chi connectivity index (χ2n) is 10.2. The molecule has 1 aromatic heterocycles. The Morgan fingerprint density at radius 1 is 1.11 bits per heavy atom. The van der Waals surface area contributed by atoms with E-state index in [-0.39, 0.29) is 17.9 Å². The molecule has 1 N–H and O–H groups in total. The number of nitrogens with one attached hydrogen (secondary N) is 1. The second-order valence-corrected chi connectivity index (χ2v) is 10.2. The lowest BCUT2D eigenvalue weighted by Gasteiger charge is -2.44. The van der Waals surface area contributed by atoms with Crippen molar-refractivity contribution < 1.29 is 9.59 Å². The van der Waals surface area contributed by atoms with Gasteiger partial charge in [-0.3, -0.25) is 14.3 Å². The molecular formula is C28H41N5O2. The van der Waals surface area contributed by atoms with Crippen LogP contribution in [0.1, 0.15) is 75.9 Å². The van der Waals surface area contributed by atoms with E-state index in [2.05, 4.69) is 55.3 Å². The number of nitrogens with zero attached hydrogens (tertiary/aromatic N) is 4. The number of likely N-dealkylation sites (N-methyl/N-ethyl adjacent to an activating group) is 1. The number of aryl methyl sites for hydroxylation is 1. The molecule has 1 saturated carbocycles. The van der Waals surface area contributed by atoms with Gasteiger partial charge in [-0.25, -0.2) is 0 Å². The van der Waals surface area contributed by atoms with Crippen molar-refractivity contribution in [2.75, 3.05) is 26.2 Å². The van der Waals surface area contributed by atoms with Gasteiger partial charge in [0, 0.05) is 24.7 Å². The van der Waals surface area contributed by atoms with E-state index in [4.69, 9.17) is 5.10 Å². The van der Waals surface area contributed by atoms with E-state index in [0.29, 0.717) is 18.8 Å². The monoisotopic (exact) mass is 479 g/mol. The number of carbonyl (C=O) groups excluding carboxylic acids is 2. The number of aromatic nitrogens is 2. The minimum Gasteiger partial charge on any atom is -0.351 e. The van der Waals surface area contributed by atoms with Crippen LogP contribution in [-0.2, 0) is 17.8 Å². The molecule has 0 spiro atoms. The van der Waals surface area contributed by atoms with Crippen LogP contribution in [0.2, 0.25) is 0 Å². The average Bonchev–Trinajstić information content (AvgIpc) is 3.30. The predicted octanol–water partition coefficient (Wildman–Crippen LogP) is 4.12. The Labute approximate surface area is 209 Å². The summed E-state index contributed by atoms with van der Waals surface area (Å²) in [6.45, 7) is 11.7. The van der Waals surface area contributed by atoms with Gasteiger partial charge in [-0.2, -0.15) is 5.10 Å². The zero-order chi connectivity index (χ0) is 25.0. The summed E-state index contributed by atoms with van der Waals surface area (Å²) in [6.07, 6.45) is 6.54. The third-order valence-corrected chi connectivity index (χ3v) is 7.92. The maximum absolute atomic E-state index is 13.8. The minimum absolute atomic E-state index is 0.0627. The number of amides is 2. The summed E-state index contributed by atoms with van der Waals surface area (Å²) in [5.74, 6) is -0.180. The van der Waals surface area contributed by atoms with Crippen LogP contribution in [-0.4, -0.2) is 69.2 Å². The van der Waals surface area contributed by atoms with Crippen LogP contribution in [0.15, 0.2) is 30.3 Å². The van der Waals surface area contributed by atoms with Gasteiger partial charge in [-0.05, 0) is 50.9 Å². The van der Waals surface area contributed by atoms with Crippen molar-refractivity contribution in [3.8, 4) is 11.3 Å². The van der Waals surface area contributed by atoms with E-state index in [1.807, 2.05) is 13.0 Å². The molecule has 0 bridgehead atoms. The number of hydrogen-bond acceptors (Lipinski definition) is 4. The Bertz CT molecular complexity index is 1020. The van der Waals surface area contributed by atoms with Gasteiger partial charge in [0.15, 0.2) is 0 Å². The Morgan fingerprint density at radius 2 is 1.80 bits per heavy atom. The van der Waals surface area contributed by atoms with Crippen LogP contribution >= 0.6 is 0 Å². The van der Waals surface area contributed by atoms with Gasteiger partial charge < -0.3 is 15.1 Å². The first-order valence-electron chi connectivity index (χ1n) is 13.4. The van der Waals surface area contributed by atoms with E-state index in [9.17, 15) is 9.59 Å². The van der Waals surface area contributed by atoms with Gasteiger partial charge >= 0.3 is 0 Å². The van der Waals surface area contributed by atoms with Gasteiger partial charge in [-0.1, -0.05) is 64.3 Å². The Hall–Kier alpha value is -2.67. The molecule has 1 aromatic carbocycles. The van der Waals surface area contributed by atoms with Crippen molar-refractivity contribution >= 4 is 11.8 Å². The van der Waals surface area contributed by atoms with Crippen molar-refractivity contribution in [1.29, 1.82) is 0 Å². The smallest absolute Gasteiger partial charge is 0.273 e. The van der Waals surface area contributed by atoms with Gasteiger partial charge in [0.05, 0.1) is 12.2 Å². The molecule has 35 heavy (non-hydrogen) atoms. The maximum atomic E-state index is 13.8. The van der Waals surface area contributed by atoms with Gasteiger partial charge in [0.2, 0.25) is 5.91 Å². The topological polar surface area (TPSA) is 70.5 Å². The molecule has 2 amide bonds. The normalized spacial score (nSPS) is 20.8. The molecule has 4 rings (SSSR count).